The van der Waals surface area contributed by atoms with Crippen molar-refractivity contribution in [3.63, 3.8) is 0 Å². The fourth-order valence-electron chi connectivity index (χ4n) is 2.80. The topological polar surface area (TPSA) is 38.0 Å². The number of pyridine rings is 1. The highest BCUT2D eigenvalue weighted by molar-refractivity contribution is 5.80. The molecule has 0 saturated heterocycles. The molecule has 3 rings (SSSR count). The van der Waals surface area contributed by atoms with Gasteiger partial charge in [-0.1, -0.05) is 29.3 Å². The van der Waals surface area contributed by atoms with Crippen LogP contribution in [0.4, 0.5) is 0 Å². The first-order valence-corrected chi connectivity index (χ1v) is 6.78. The number of hydrogen-bond acceptors (Lipinski definition) is 2. The molecule has 102 valence electrons. The number of aryl methyl sites for hydroxylation is 2. The van der Waals surface area contributed by atoms with E-state index in [0.717, 1.165) is 23.1 Å². The van der Waals surface area contributed by atoms with Gasteiger partial charge in [0, 0.05) is 29.9 Å². The average molecular weight is 266 g/mol. The van der Waals surface area contributed by atoms with Crippen LogP contribution in [-0.2, 0) is 13.2 Å². The van der Waals surface area contributed by atoms with Crippen molar-refractivity contribution in [3.8, 4) is 0 Å². The maximum atomic E-state index is 9.46. The van der Waals surface area contributed by atoms with Gasteiger partial charge in [0.2, 0.25) is 0 Å². The lowest BCUT2D eigenvalue weighted by Crippen LogP contribution is -2.00. The predicted molar refractivity (Wildman–Crippen MR) is 80.7 cm³/mol. The largest absolute Gasteiger partial charge is 0.392 e. The lowest BCUT2D eigenvalue weighted by Gasteiger charge is -2.07. The summed E-state index contributed by atoms with van der Waals surface area (Å²) in [6.07, 6.45) is 3.79. The van der Waals surface area contributed by atoms with E-state index in [0.29, 0.717) is 0 Å². The molecule has 0 aliphatic carbocycles. The third kappa shape index (κ3) is 2.32. The highest BCUT2D eigenvalue weighted by Crippen LogP contribution is 2.21. The Balaban J connectivity index is 2.06. The molecule has 3 heteroatoms. The number of hydrogen-bond donors (Lipinski definition) is 1. The maximum Gasteiger partial charge on any atom is 0.140 e. The van der Waals surface area contributed by atoms with Crippen molar-refractivity contribution in [1.29, 1.82) is 0 Å². The van der Waals surface area contributed by atoms with Crippen molar-refractivity contribution in [1.82, 2.24) is 9.55 Å². The summed E-state index contributed by atoms with van der Waals surface area (Å²) in [6.45, 7) is 5.04. The number of benzene rings is 1. The Morgan fingerprint density at radius 3 is 2.60 bits per heavy atom. The number of nitrogens with zero attached hydrogens (tertiary/aromatic N) is 2. The Kier molecular flexibility index (Phi) is 3.28. The first-order chi connectivity index (χ1) is 9.67. The highest BCUT2D eigenvalue weighted by atomic mass is 16.3. The Bertz CT molecular complexity index is 739. The minimum Gasteiger partial charge on any atom is -0.392 e. The van der Waals surface area contributed by atoms with Crippen molar-refractivity contribution in [2.75, 3.05) is 0 Å². The van der Waals surface area contributed by atoms with E-state index in [4.69, 9.17) is 0 Å². The molecular weight excluding hydrogens is 248 g/mol. The summed E-state index contributed by atoms with van der Waals surface area (Å²) in [5, 5.41) is 10.5. The molecule has 0 spiro atoms. The van der Waals surface area contributed by atoms with Gasteiger partial charge in [0.15, 0.2) is 0 Å². The second kappa shape index (κ2) is 5.10. The van der Waals surface area contributed by atoms with Crippen LogP contribution < -0.4 is 0 Å². The SMILES string of the molecule is Cc1cc(C)cc(Cn2cc(CO)c3cccnc32)c1. The predicted octanol–water partition coefficient (Wildman–Crippen LogP) is 3.19. The summed E-state index contributed by atoms with van der Waals surface area (Å²) < 4.78 is 2.11. The maximum absolute atomic E-state index is 9.46. The third-order valence-corrected chi connectivity index (χ3v) is 3.52. The molecule has 0 aliphatic heterocycles. The van der Waals surface area contributed by atoms with Crippen LogP contribution in [-0.4, -0.2) is 14.7 Å². The van der Waals surface area contributed by atoms with Crippen LogP contribution in [0.15, 0.2) is 42.7 Å². The summed E-state index contributed by atoms with van der Waals surface area (Å²) in [4.78, 5) is 4.44. The van der Waals surface area contributed by atoms with Crippen LogP contribution in [0.2, 0.25) is 0 Å². The minimum atomic E-state index is 0.0437. The van der Waals surface area contributed by atoms with Gasteiger partial charge in [0.05, 0.1) is 6.61 Å². The standard InChI is InChI=1S/C17H18N2O/c1-12-6-13(2)8-14(7-12)9-19-10-15(11-20)16-4-3-5-18-17(16)19/h3-8,10,20H,9,11H2,1-2H3. The molecule has 0 unspecified atom stereocenters. The van der Waals surface area contributed by atoms with Gasteiger partial charge in [-0.15, -0.1) is 0 Å². The Hall–Kier alpha value is -2.13. The van der Waals surface area contributed by atoms with Crippen LogP contribution in [0.1, 0.15) is 22.3 Å². The van der Waals surface area contributed by atoms with Crippen LogP contribution in [0.25, 0.3) is 11.0 Å². The monoisotopic (exact) mass is 266 g/mol. The fourth-order valence-corrected chi connectivity index (χ4v) is 2.80. The van der Waals surface area contributed by atoms with Crippen molar-refractivity contribution in [2.24, 2.45) is 0 Å². The normalized spacial score (nSPS) is 11.2. The van der Waals surface area contributed by atoms with E-state index >= 15 is 0 Å². The molecule has 20 heavy (non-hydrogen) atoms. The van der Waals surface area contributed by atoms with Crippen LogP contribution in [0, 0.1) is 13.8 Å². The lowest BCUT2D eigenvalue weighted by atomic mass is 10.1. The quantitative estimate of drug-likeness (QED) is 0.790. The van der Waals surface area contributed by atoms with E-state index in [1.807, 2.05) is 18.3 Å². The van der Waals surface area contributed by atoms with Gasteiger partial charge in [-0.05, 0) is 31.5 Å². The summed E-state index contributed by atoms with van der Waals surface area (Å²) in [6, 6.07) is 10.5. The molecular formula is C17H18N2O. The van der Waals surface area contributed by atoms with E-state index in [2.05, 4.69) is 41.6 Å². The fraction of sp³-hybridized carbons (Fsp3) is 0.235. The first-order valence-electron chi connectivity index (χ1n) is 6.78. The molecule has 0 atom stereocenters. The molecule has 0 aliphatic rings. The Morgan fingerprint density at radius 1 is 1.15 bits per heavy atom. The second-order valence-corrected chi connectivity index (χ2v) is 5.31. The highest BCUT2D eigenvalue weighted by Gasteiger charge is 2.09. The minimum absolute atomic E-state index is 0.0437. The zero-order valence-electron chi connectivity index (χ0n) is 11.8. The molecule has 3 nitrogen and oxygen atoms in total. The van der Waals surface area contributed by atoms with Gasteiger partial charge in [-0.25, -0.2) is 4.98 Å². The van der Waals surface area contributed by atoms with Gasteiger partial charge >= 0.3 is 0 Å². The second-order valence-electron chi connectivity index (χ2n) is 5.31. The summed E-state index contributed by atoms with van der Waals surface area (Å²) >= 11 is 0. The summed E-state index contributed by atoms with van der Waals surface area (Å²) in [7, 11) is 0. The molecule has 0 bridgehead atoms. The van der Waals surface area contributed by atoms with Crippen molar-refractivity contribution in [3.05, 3.63) is 65.0 Å². The third-order valence-electron chi connectivity index (χ3n) is 3.52. The molecule has 1 N–H and O–H groups in total. The number of aromatic nitrogens is 2. The Morgan fingerprint density at radius 2 is 1.90 bits per heavy atom. The smallest absolute Gasteiger partial charge is 0.140 e. The summed E-state index contributed by atoms with van der Waals surface area (Å²) in [5.41, 5.74) is 5.65. The van der Waals surface area contributed by atoms with Crippen LogP contribution in [0.3, 0.4) is 0 Å². The molecule has 2 aromatic heterocycles. The van der Waals surface area contributed by atoms with Gasteiger partial charge in [-0.2, -0.15) is 0 Å². The van der Waals surface area contributed by atoms with Gasteiger partial charge in [0.25, 0.3) is 0 Å². The number of aliphatic hydroxyl groups excluding tert-OH is 1. The zero-order chi connectivity index (χ0) is 14.1. The van der Waals surface area contributed by atoms with E-state index in [1.165, 1.54) is 16.7 Å². The van der Waals surface area contributed by atoms with Crippen LogP contribution >= 0.6 is 0 Å². The van der Waals surface area contributed by atoms with Gasteiger partial charge in [0.1, 0.15) is 5.65 Å². The molecule has 1 aromatic carbocycles. The Labute approximate surface area is 118 Å². The first kappa shape index (κ1) is 12.9. The number of rotatable bonds is 3. The van der Waals surface area contributed by atoms with Gasteiger partial charge in [-0.3, -0.25) is 0 Å². The lowest BCUT2D eigenvalue weighted by molar-refractivity contribution is 0.283. The van der Waals surface area contributed by atoms with Gasteiger partial charge < -0.3 is 9.67 Å². The van der Waals surface area contributed by atoms with Crippen LogP contribution in [0.5, 0.6) is 0 Å². The number of fused-ring (bicyclic) bond motifs is 1. The van der Waals surface area contributed by atoms with E-state index in [-0.39, 0.29) is 6.61 Å². The van der Waals surface area contributed by atoms with Crippen molar-refractivity contribution >= 4 is 11.0 Å². The number of aliphatic hydroxyl groups is 1. The average Bonchev–Trinajstić information content (AvgIpc) is 2.76. The molecule has 0 radical (unpaired) electrons. The molecule has 2 heterocycles. The van der Waals surface area contributed by atoms with Crippen molar-refractivity contribution < 1.29 is 5.11 Å². The molecule has 0 saturated carbocycles. The molecule has 0 fully saturated rings. The van der Waals surface area contributed by atoms with E-state index < -0.39 is 0 Å². The summed E-state index contributed by atoms with van der Waals surface area (Å²) in [5.74, 6) is 0. The molecule has 3 aromatic rings. The van der Waals surface area contributed by atoms with E-state index in [1.54, 1.807) is 6.20 Å². The van der Waals surface area contributed by atoms with E-state index in [9.17, 15) is 5.11 Å². The zero-order valence-corrected chi connectivity index (χ0v) is 11.8. The molecule has 0 amide bonds. The van der Waals surface area contributed by atoms with Crippen molar-refractivity contribution in [2.45, 2.75) is 27.0 Å².